The molecule has 0 aromatic heterocycles. The van der Waals surface area contributed by atoms with Crippen molar-refractivity contribution in [2.75, 3.05) is 0 Å². The molecule has 3 heteroatoms. The Hall–Kier alpha value is -0.600. The average Bonchev–Trinajstić information content (AvgIpc) is 1.86. The second-order valence-corrected chi connectivity index (χ2v) is 1.65. The second-order valence-electron chi connectivity index (χ2n) is 1.65. The predicted octanol–water partition coefficient (Wildman–Crippen LogP) is 1.71. The zero-order chi connectivity index (χ0) is 8.48. The largest absolute Gasteiger partial charge is 0.326 e. The number of halogens is 2. The first-order valence-corrected chi connectivity index (χ1v) is 2.55. The van der Waals surface area contributed by atoms with Crippen molar-refractivity contribution in [2.45, 2.75) is 6.50 Å². The van der Waals surface area contributed by atoms with Gasteiger partial charge in [0, 0.05) is 9.24 Å². The molecule has 0 aliphatic carbocycles. The molecule has 1 nitrogen and oxygen atoms in total. The van der Waals surface area contributed by atoms with E-state index < -0.39 is 12.3 Å². The van der Waals surface area contributed by atoms with Crippen LogP contribution in [-0.4, -0.2) is 0 Å². The van der Waals surface area contributed by atoms with Gasteiger partial charge in [-0.2, -0.15) is 0 Å². The normalized spacial score (nSPS) is 13.0. The summed E-state index contributed by atoms with van der Waals surface area (Å²) in [6.07, 6.45) is 0. The van der Waals surface area contributed by atoms with Crippen LogP contribution in [0.2, 0.25) is 0 Å². The van der Waals surface area contributed by atoms with Gasteiger partial charge in [-0.25, -0.2) is 4.39 Å². The molecule has 0 fully saturated rings. The number of hydrogen-bond acceptors (Lipinski definition) is 1. The lowest BCUT2D eigenvalue weighted by molar-refractivity contribution is 0.627. The summed E-state index contributed by atoms with van der Waals surface area (Å²) < 4.78 is 26.4. The van der Waals surface area contributed by atoms with Gasteiger partial charge in [-0.05, 0) is 17.7 Å². The monoisotopic (exact) mass is 163 g/mol. The van der Waals surface area contributed by atoms with Crippen LogP contribution in [0.3, 0.4) is 0 Å². The second kappa shape index (κ2) is 4.25. The van der Waals surface area contributed by atoms with Crippen LogP contribution in [0.25, 0.3) is 0 Å². The highest BCUT2D eigenvalue weighted by molar-refractivity contribution is 5.85. The first kappa shape index (κ1) is 6.13. The lowest BCUT2D eigenvalue weighted by Gasteiger charge is -1.92. The van der Waals surface area contributed by atoms with E-state index in [1.807, 2.05) is 0 Å². The first-order valence-electron chi connectivity index (χ1n) is 3.55. The molecular formula is C7H9ClFN. The van der Waals surface area contributed by atoms with E-state index in [0.29, 0.717) is 0 Å². The lowest BCUT2D eigenvalue weighted by atomic mass is 10.2. The number of hydrogen-bond donors (Lipinski definition) is 1. The number of rotatable bonds is 1. The van der Waals surface area contributed by atoms with Gasteiger partial charge in [-0.15, -0.1) is 12.4 Å². The third kappa shape index (κ3) is 2.33. The highest BCUT2D eigenvalue weighted by Gasteiger charge is 1.87. The Morgan fingerprint density at radius 1 is 1.40 bits per heavy atom. The summed E-state index contributed by atoms with van der Waals surface area (Å²) >= 11 is 0. The molecule has 1 aromatic rings. The molecule has 0 aliphatic rings. The molecule has 2 N–H and O–H groups in total. The Morgan fingerprint density at radius 3 is 2.30 bits per heavy atom. The molecule has 0 amide bonds. The first-order chi connectivity index (χ1) is 5.00. The molecule has 0 bridgehead atoms. The van der Waals surface area contributed by atoms with Crippen molar-refractivity contribution in [3.05, 3.63) is 35.6 Å². The molecule has 0 radical (unpaired) electrons. The van der Waals surface area contributed by atoms with E-state index in [4.69, 9.17) is 8.48 Å². The maximum Gasteiger partial charge on any atom is 0.123 e. The van der Waals surface area contributed by atoms with Gasteiger partial charge in [0.1, 0.15) is 5.82 Å². The fraction of sp³-hybridized carbons (Fsp3) is 0.143. The summed E-state index contributed by atoms with van der Waals surface area (Å²) in [5.74, 6) is -0.391. The minimum atomic E-state index is -1.88. The Balaban J connectivity index is 0.00000121. The minimum Gasteiger partial charge on any atom is -0.326 e. The molecule has 0 saturated heterocycles. The van der Waals surface area contributed by atoms with Crippen molar-refractivity contribution in [2.24, 2.45) is 5.73 Å². The van der Waals surface area contributed by atoms with Crippen molar-refractivity contribution >= 4 is 12.4 Å². The van der Waals surface area contributed by atoms with Crippen molar-refractivity contribution in [3.8, 4) is 0 Å². The van der Waals surface area contributed by atoms with Gasteiger partial charge in [-0.1, -0.05) is 12.1 Å². The summed E-state index contributed by atoms with van der Waals surface area (Å²) in [5, 5.41) is 0. The molecule has 10 heavy (non-hydrogen) atoms. The fourth-order valence-corrected chi connectivity index (χ4v) is 0.546. The van der Waals surface area contributed by atoms with E-state index in [2.05, 4.69) is 0 Å². The zero-order valence-electron chi connectivity index (χ0n) is 7.17. The summed E-state index contributed by atoms with van der Waals surface area (Å²) in [4.78, 5) is 0. The van der Waals surface area contributed by atoms with Gasteiger partial charge in [0.15, 0.2) is 0 Å². The van der Waals surface area contributed by atoms with E-state index in [0.717, 1.165) is 0 Å². The molecule has 1 aromatic carbocycles. The molecule has 1 rings (SSSR count). The number of nitrogens with two attached hydrogens (primary N) is 1. The zero-order valence-corrected chi connectivity index (χ0v) is 5.99. The maximum absolute atomic E-state index is 12.3. The fourth-order valence-electron chi connectivity index (χ4n) is 0.546. The average molecular weight is 164 g/mol. The number of benzene rings is 1. The van der Waals surface area contributed by atoms with Crippen molar-refractivity contribution in [1.82, 2.24) is 0 Å². The van der Waals surface area contributed by atoms with Crippen LogP contribution in [0, 0.1) is 5.82 Å². The molecule has 0 heterocycles. The van der Waals surface area contributed by atoms with E-state index >= 15 is 0 Å². The smallest absolute Gasteiger partial charge is 0.123 e. The van der Waals surface area contributed by atoms with Crippen molar-refractivity contribution < 1.29 is 7.13 Å². The molecule has 56 valence electrons. The van der Waals surface area contributed by atoms with E-state index in [1.165, 1.54) is 24.3 Å². The van der Waals surface area contributed by atoms with E-state index in [1.54, 1.807) is 0 Å². The van der Waals surface area contributed by atoms with Crippen LogP contribution in [0.15, 0.2) is 24.3 Å². The highest BCUT2D eigenvalue weighted by Crippen LogP contribution is 2.00. The molecule has 0 spiro atoms. The highest BCUT2D eigenvalue weighted by atomic mass is 35.5. The van der Waals surface area contributed by atoms with E-state index in [9.17, 15) is 4.39 Å². The molecule has 0 atom stereocenters. The van der Waals surface area contributed by atoms with Gasteiger partial charge >= 0.3 is 0 Å². The van der Waals surface area contributed by atoms with Crippen LogP contribution in [0.1, 0.15) is 8.30 Å². The van der Waals surface area contributed by atoms with Crippen molar-refractivity contribution in [3.63, 3.8) is 0 Å². The predicted molar refractivity (Wildman–Crippen MR) is 41.5 cm³/mol. The third-order valence-electron chi connectivity index (χ3n) is 1.01. The summed E-state index contributed by atoms with van der Waals surface area (Å²) in [6.45, 7) is -1.88. The minimum absolute atomic E-state index is 0. The molecule has 0 unspecified atom stereocenters. The van der Waals surface area contributed by atoms with Crippen LogP contribution in [0.4, 0.5) is 4.39 Å². The standard InChI is InChI=1S/C7H8FN.ClH/c8-7-3-1-6(5-9)2-4-7;/h1-4H,5,9H2;1H/i5D2;. The topological polar surface area (TPSA) is 26.0 Å². The Labute approximate surface area is 68.3 Å². The Bertz CT molecular complexity index is 245. The SMILES string of the molecule is Cl.[2H]C([2H])(N)c1ccc(F)cc1. The molecule has 0 aliphatic heterocycles. The molecule has 0 saturated carbocycles. The van der Waals surface area contributed by atoms with Gasteiger partial charge in [0.2, 0.25) is 0 Å². The summed E-state index contributed by atoms with van der Waals surface area (Å²) in [6, 6.07) is 5.02. The quantitative estimate of drug-likeness (QED) is 0.670. The third-order valence-corrected chi connectivity index (χ3v) is 1.01. The van der Waals surface area contributed by atoms with Crippen molar-refractivity contribution in [1.29, 1.82) is 0 Å². The van der Waals surface area contributed by atoms with Gasteiger partial charge in [-0.3, -0.25) is 0 Å². The van der Waals surface area contributed by atoms with Crippen LogP contribution in [-0.2, 0) is 6.50 Å². The molecular weight excluding hydrogens is 153 g/mol. The Morgan fingerprint density at radius 2 is 1.90 bits per heavy atom. The summed E-state index contributed by atoms with van der Waals surface area (Å²) in [7, 11) is 0. The van der Waals surface area contributed by atoms with Crippen LogP contribution in [0.5, 0.6) is 0 Å². The van der Waals surface area contributed by atoms with Crippen LogP contribution >= 0.6 is 12.4 Å². The summed E-state index contributed by atoms with van der Waals surface area (Å²) in [5.41, 5.74) is 5.39. The Kier molecular flexibility index (Phi) is 2.61. The van der Waals surface area contributed by atoms with Gasteiger partial charge in [0.25, 0.3) is 0 Å². The van der Waals surface area contributed by atoms with Crippen LogP contribution < -0.4 is 5.73 Å². The van der Waals surface area contributed by atoms with E-state index in [-0.39, 0.29) is 18.0 Å². The van der Waals surface area contributed by atoms with Gasteiger partial charge < -0.3 is 5.73 Å². The van der Waals surface area contributed by atoms with Gasteiger partial charge in [0.05, 0.1) is 0 Å². The lowest BCUT2D eigenvalue weighted by Crippen LogP contribution is -1.94. The maximum atomic E-state index is 12.3.